The second-order valence-electron chi connectivity index (χ2n) is 7.51. The first-order chi connectivity index (χ1) is 14.9. The normalized spacial score (nSPS) is 12.3. The molecule has 1 aromatic heterocycles. The summed E-state index contributed by atoms with van der Waals surface area (Å²) in [6.45, 7) is 4.14. The number of hydrogen-bond donors (Lipinski definition) is 3. The van der Waals surface area contributed by atoms with E-state index in [0.29, 0.717) is 10.6 Å². The lowest BCUT2D eigenvalue weighted by molar-refractivity contribution is -0.123. The molecule has 0 aliphatic rings. The van der Waals surface area contributed by atoms with Crippen LogP contribution >= 0.6 is 11.6 Å². The molecule has 0 spiro atoms. The summed E-state index contributed by atoms with van der Waals surface area (Å²) < 4.78 is 5.19. The van der Waals surface area contributed by atoms with E-state index >= 15 is 0 Å². The Kier molecular flexibility index (Phi) is 7.67. The van der Waals surface area contributed by atoms with E-state index < -0.39 is 18.0 Å². The van der Waals surface area contributed by atoms with Crippen molar-refractivity contribution in [2.75, 3.05) is 6.61 Å². The van der Waals surface area contributed by atoms with Gasteiger partial charge in [0.25, 0.3) is 5.91 Å². The van der Waals surface area contributed by atoms with Crippen LogP contribution in [0.3, 0.4) is 0 Å². The van der Waals surface area contributed by atoms with Gasteiger partial charge in [0.15, 0.2) is 0 Å². The fourth-order valence-corrected chi connectivity index (χ4v) is 3.16. The van der Waals surface area contributed by atoms with Crippen LogP contribution in [0.5, 0.6) is 0 Å². The van der Waals surface area contributed by atoms with E-state index in [0.717, 1.165) is 16.5 Å². The van der Waals surface area contributed by atoms with Gasteiger partial charge in [-0.1, -0.05) is 61.8 Å². The van der Waals surface area contributed by atoms with Gasteiger partial charge >= 0.3 is 6.09 Å². The number of hydrogen-bond acceptors (Lipinski definition) is 4. The van der Waals surface area contributed by atoms with Crippen molar-refractivity contribution in [3.8, 4) is 0 Å². The molecule has 31 heavy (non-hydrogen) atoms. The lowest BCUT2D eigenvalue weighted by atomic mass is 10.0. The second-order valence-corrected chi connectivity index (χ2v) is 7.92. The van der Waals surface area contributed by atoms with Gasteiger partial charge in [0, 0.05) is 34.1 Å². The van der Waals surface area contributed by atoms with Gasteiger partial charge in [-0.05, 0) is 23.6 Å². The maximum absolute atomic E-state index is 12.8. The predicted molar refractivity (Wildman–Crippen MR) is 122 cm³/mol. The molecule has 2 amide bonds. The molecule has 0 radical (unpaired) electrons. The number of aromatic amines is 1. The minimum Gasteiger partial charge on any atom is -0.449 e. The standard InChI is InChI=1S/C23H25ClN4O3/c1-15(2)14-31-23(30)27-21(11-17-12-25-20-10-6-4-8-18(17)20)22(29)28-26-13-16-7-3-5-9-19(16)24/h3-10,12-13,15,21,25H,11,14H2,1-2H3,(H,27,30)(H,28,29)/b26-13+. The van der Waals surface area contributed by atoms with Crippen LogP contribution in [0.4, 0.5) is 4.79 Å². The van der Waals surface area contributed by atoms with Crippen LogP contribution in [0.2, 0.25) is 5.02 Å². The van der Waals surface area contributed by atoms with Gasteiger partial charge in [-0.3, -0.25) is 4.79 Å². The first-order valence-corrected chi connectivity index (χ1v) is 10.4. The topological polar surface area (TPSA) is 95.6 Å². The summed E-state index contributed by atoms with van der Waals surface area (Å²) in [6, 6.07) is 14.0. The summed E-state index contributed by atoms with van der Waals surface area (Å²) in [5, 5.41) is 8.14. The number of ether oxygens (including phenoxy) is 1. The molecule has 1 atom stereocenters. The van der Waals surface area contributed by atoms with Crippen LogP contribution < -0.4 is 10.7 Å². The van der Waals surface area contributed by atoms with Crippen LogP contribution in [0.15, 0.2) is 59.8 Å². The van der Waals surface area contributed by atoms with Crippen molar-refractivity contribution in [1.29, 1.82) is 0 Å². The number of H-pyrrole nitrogens is 1. The zero-order valence-corrected chi connectivity index (χ0v) is 18.1. The fourth-order valence-electron chi connectivity index (χ4n) is 2.98. The number of aromatic nitrogens is 1. The Labute approximate surface area is 185 Å². The molecule has 8 heteroatoms. The molecule has 1 heterocycles. The summed E-state index contributed by atoms with van der Waals surface area (Å²) in [5.74, 6) is -0.276. The zero-order chi connectivity index (χ0) is 22.2. The summed E-state index contributed by atoms with van der Waals surface area (Å²) >= 11 is 6.10. The van der Waals surface area contributed by atoms with Gasteiger partial charge in [-0.15, -0.1) is 0 Å². The number of benzene rings is 2. The minimum absolute atomic E-state index is 0.187. The number of para-hydroxylation sites is 1. The van der Waals surface area contributed by atoms with E-state index in [4.69, 9.17) is 16.3 Å². The third kappa shape index (κ3) is 6.33. The minimum atomic E-state index is -0.873. The number of fused-ring (bicyclic) bond motifs is 1. The van der Waals surface area contributed by atoms with Crippen molar-refractivity contribution in [3.05, 3.63) is 70.9 Å². The van der Waals surface area contributed by atoms with Crippen molar-refractivity contribution in [1.82, 2.24) is 15.7 Å². The molecule has 1 unspecified atom stereocenters. The highest BCUT2D eigenvalue weighted by Gasteiger charge is 2.23. The van der Waals surface area contributed by atoms with Gasteiger partial charge < -0.3 is 15.0 Å². The first kappa shape index (κ1) is 22.4. The first-order valence-electron chi connectivity index (χ1n) is 9.99. The molecule has 0 aliphatic carbocycles. The fraction of sp³-hybridized carbons (Fsp3) is 0.261. The average Bonchev–Trinajstić information content (AvgIpc) is 3.16. The number of rotatable bonds is 8. The van der Waals surface area contributed by atoms with Crippen LogP contribution in [0, 0.1) is 5.92 Å². The molecule has 0 aliphatic heterocycles. The Bertz CT molecular complexity index is 1080. The molecule has 2 aromatic carbocycles. The van der Waals surface area contributed by atoms with E-state index in [1.165, 1.54) is 6.21 Å². The molecule has 3 rings (SSSR count). The largest absolute Gasteiger partial charge is 0.449 e. The van der Waals surface area contributed by atoms with Crippen molar-refractivity contribution in [2.45, 2.75) is 26.3 Å². The summed E-state index contributed by atoms with van der Waals surface area (Å²) in [4.78, 5) is 28.2. The monoisotopic (exact) mass is 440 g/mol. The highest BCUT2D eigenvalue weighted by Crippen LogP contribution is 2.19. The molecule has 162 valence electrons. The third-order valence-electron chi connectivity index (χ3n) is 4.54. The van der Waals surface area contributed by atoms with Crippen molar-refractivity contribution < 1.29 is 14.3 Å². The zero-order valence-electron chi connectivity index (χ0n) is 17.4. The Morgan fingerprint density at radius 3 is 2.68 bits per heavy atom. The Hall–Kier alpha value is -3.32. The van der Waals surface area contributed by atoms with Gasteiger partial charge in [0.1, 0.15) is 6.04 Å². The lowest BCUT2D eigenvalue weighted by Gasteiger charge is -2.17. The highest BCUT2D eigenvalue weighted by atomic mass is 35.5. The molecular weight excluding hydrogens is 416 g/mol. The molecule has 0 saturated heterocycles. The number of halogens is 1. The van der Waals surface area contributed by atoms with Crippen molar-refractivity contribution in [2.24, 2.45) is 11.0 Å². The maximum atomic E-state index is 12.8. The number of alkyl carbamates (subject to hydrolysis) is 1. The summed E-state index contributed by atoms with van der Waals surface area (Å²) in [5.41, 5.74) is 5.00. The highest BCUT2D eigenvalue weighted by molar-refractivity contribution is 6.33. The third-order valence-corrected chi connectivity index (χ3v) is 4.88. The number of amides is 2. The molecule has 0 fully saturated rings. The number of carbonyl (C=O) groups is 2. The van der Waals surface area contributed by atoms with E-state index in [2.05, 4.69) is 20.8 Å². The van der Waals surface area contributed by atoms with Gasteiger partial charge in [-0.2, -0.15) is 5.10 Å². The van der Waals surface area contributed by atoms with Crippen molar-refractivity contribution >= 4 is 40.7 Å². The SMILES string of the molecule is CC(C)COC(=O)NC(Cc1c[nH]c2ccccc12)C(=O)N/N=C/c1ccccc1Cl. The van der Waals surface area contributed by atoms with Gasteiger partial charge in [-0.25, -0.2) is 10.2 Å². The van der Waals surface area contributed by atoms with Crippen LogP contribution in [-0.4, -0.2) is 35.8 Å². The Balaban J connectivity index is 1.73. The molecular formula is C23H25ClN4O3. The van der Waals surface area contributed by atoms with Crippen LogP contribution in [-0.2, 0) is 16.0 Å². The maximum Gasteiger partial charge on any atom is 0.407 e. The van der Waals surface area contributed by atoms with Gasteiger partial charge in [0.05, 0.1) is 12.8 Å². The van der Waals surface area contributed by atoms with E-state index in [9.17, 15) is 9.59 Å². The Morgan fingerprint density at radius 2 is 1.90 bits per heavy atom. The number of hydrazone groups is 1. The molecule has 0 bridgehead atoms. The van der Waals surface area contributed by atoms with Gasteiger partial charge in [0.2, 0.25) is 0 Å². The van der Waals surface area contributed by atoms with Crippen molar-refractivity contribution in [3.63, 3.8) is 0 Å². The smallest absolute Gasteiger partial charge is 0.407 e. The summed E-state index contributed by atoms with van der Waals surface area (Å²) in [7, 11) is 0. The Morgan fingerprint density at radius 1 is 1.16 bits per heavy atom. The van der Waals surface area contributed by atoms with E-state index in [-0.39, 0.29) is 18.9 Å². The molecule has 7 nitrogen and oxygen atoms in total. The molecule has 3 N–H and O–H groups in total. The lowest BCUT2D eigenvalue weighted by Crippen LogP contribution is -2.47. The molecule has 3 aromatic rings. The van der Waals surface area contributed by atoms with Crippen LogP contribution in [0.1, 0.15) is 25.0 Å². The average molecular weight is 441 g/mol. The second kappa shape index (κ2) is 10.6. The van der Waals surface area contributed by atoms with E-state index in [1.807, 2.05) is 56.4 Å². The summed E-state index contributed by atoms with van der Waals surface area (Å²) in [6.07, 6.45) is 2.91. The number of nitrogens with zero attached hydrogens (tertiary/aromatic N) is 1. The predicted octanol–water partition coefficient (Wildman–Crippen LogP) is 4.26. The van der Waals surface area contributed by atoms with Crippen LogP contribution in [0.25, 0.3) is 10.9 Å². The van der Waals surface area contributed by atoms with E-state index in [1.54, 1.807) is 12.1 Å². The number of nitrogens with one attached hydrogen (secondary N) is 3. The molecule has 0 saturated carbocycles. The quantitative estimate of drug-likeness (QED) is 0.360. The number of carbonyl (C=O) groups excluding carboxylic acids is 2.